The highest BCUT2D eigenvalue weighted by atomic mass is 16.6. The van der Waals surface area contributed by atoms with Crippen molar-refractivity contribution < 1.29 is 4.92 Å². The second-order valence-corrected chi connectivity index (χ2v) is 5.58. The normalized spacial score (nSPS) is 12.7. The molecule has 0 amide bonds. The van der Waals surface area contributed by atoms with Crippen molar-refractivity contribution in [3.8, 4) is 0 Å². The van der Waals surface area contributed by atoms with E-state index in [0.29, 0.717) is 0 Å². The summed E-state index contributed by atoms with van der Waals surface area (Å²) in [6.45, 7) is 8.85. The van der Waals surface area contributed by atoms with Crippen molar-refractivity contribution in [2.24, 2.45) is 0 Å². The van der Waals surface area contributed by atoms with Gasteiger partial charge in [-0.3, -0.25) is 15.0 Å². The maximum absolute atomic E-state index is 11.3. The first-order chi connectivity index (χ1) is 10.6. The molecule has 1 aromatic carbocycles. The molecule has 1 heterocycles. The van der Waals surface area contributed by atoms with Gasteiger partial charge in [-0.2, -0.15) is 0 Å². The maximum atomic E-state index is 11.3. The molecule has 22 heavy (non-hydrogen) atoms. The molecule has 2 rings (SSSR count). The van der Waals surface area contributed by atoms with Crippen LogP contribution in [0.25, 0.3) is 0 Å². The summed E-state index contributed by atoms with van der Waals surface area (Å²) in [4.78, 5) is 13.4. The van der Waals surface area contributed by atoms with Gasteiger partial charge in [0.1, 0.15) is 0 Å². The predicted octanol–water partition coefficient (Wildman–Crippen LogP) is 3.83. The summed E-state index contributed by atoms with van der Waals surface area (Å²) in [5, 5.41) is 17.7. The molecule has 1 aromatic rings. The number of nitrogens with zero attached hydrogens (tertiary/aromatic N) is 2. The molecule has 0 aromatic heterocycles. The van der Waals surface area contributed by atoms with Gasteiger partial charge in [0.05, 0.1) is 16.3 Å². The van der Waals surface area contributed by atoms with Gasteiger partial charge < -0.3 is 10.6 Å². The Morgan fingerprint density at radius 3 is 2.41 bits per heavy atom. The van der Waals surface area contributed by atoms with Crippen LogP contribution in [0.3, 0.4) is 0 Å². The number of hydrogen-bond acceptors (Lipinski definition) is 5. The first-order valence-electron chi connectivity index (χ1n) is 7.79. The fraction of sp³-hybridized carbons (Fsp3) is 0.500. The first-order valence-corrected chi connectivity index (χ1v) is 7.79. The quantitative estimate of drug-likeness (QED) is 0.591. The van der Waals surface area contributed by atoms with E-state index in [9.17, 15) is 10.1 Å². The van der Waals surface area contributed by atoms with Gasteiger partial charge in [0.15, 0.2) is 0 Å². The molecule has 6 nitrogen and oxygen atoms in total. The summed E-state index contributed by atoms with van der Waals surface area (Å²) in [5.74, 6) is 0. The molecule has 0 saturated heterocycles. The molecule has 1 aliphatic rings. The standard InChI is InChI=1S/C16H24N4O2/c1-4-8-19(9-5-2)11-13-12(3)15(20(21)22)10-14-16(13)18-7-6-17-14/h6-7,10,17-18H,4-5,8-9,11H2,1-3H3. The van der Waals surface area contributed by atoms with Crippen LogP contribution in [0.15, 0.2) is 18.5 Å². The lowest BCUT2D eigenvalue weighted by Crippen LogP contribution is -2.26. The number of nitro groups is 1. The number of benzene rings is 1. The van der Waals surface area contributed by atoms with Crippen LogP contribution in [0, 0.1) is 17.0 Å². The molecule has 6 heteroatoms. The smallest absolute Gasteiger partial charge is 0.274 e. The zero-order chi connectivity index (χ0) is 16.1. The van der Waals surface area contributed by atoms with E-state index in [2.05, 4.69) is 29.4 Å². The summed E-state index contributed by atoms with van der Waals surface area (Å²) >= 11 is 0. The second kappa shape index (κ2) is 7.26. The van der Waals surface area contributed by atoms with E-state index in [0.717, 1.165) is 55.0 Å². The van der Waals surface area contributed by atoms with Gasteiger partial charge >= 0.3 is 0 Å². The summed E-state index contributed by atoms with van der Waals surface area (Å²) in [5.41, 5.74) is 3.63. The number of fused-ring (bicyclic) bond motifs is 1. The van der Waals surface area contributed by atoms with E-state index in [4.69, 9.17) is 0 Å². The third-order valence-electron chi connectivity index (χ3n) is 3.90. The van der Waals surface area contributed by atoms with Crippen LogP contribution in [0.4, 0.5) is 17.1 Å². The van der Waals surface area contributed by atoms with Crippen LogP contribution in [-0.2, 0) is 6.54 Å². The molecular formula is C16H24N4O2. The maximum Gasteiger partial charge on any atom is 0.274 e. The molecule has 0 saturated carbocycles. The van der Waals surface area contributed by atoms with E-state index in [1.165, 1.54) is 0 Å². The lowest BCUT2D eigenvalue weighted by atomic mass is 10.0. The fourth-order valence-electron chi connectivity index (χ4n) is 2.87. The number of anilines is 2. The van der Waals surface area contributed by atoms with E-state index in [1.54, 1.807) is 12.3 Å². The first kappa shape index (κ1) is 16.3. The van der Waals surface area contributed by atoms with Gasteiger partial charge in [0.25, 0.3) is 5.69 Å². The van der Waals surface area contributed by atoms with Crippen LogP contribution >= 0.6 is 0 Å². The molecule has 0 bridgehead atoms. The average molecular weight is 304 g/mol. The molecule has 0 aliphatic carbocycles. The second-order valence-electron chi connectivity index (χ2n) is 5.58. The minimum Gasteiger partial charge on any atom is -0.358 e. The Morgan fingerprint density at radius 1 is 1.18 bits per heavy atom. The van der Waals surface area contributed by atoms with E-state index >= 15 is 0 Å². The van der Waals surface area contributed by atoms with Gasteiger partial charge in [-0.05, 0) is 32.9 Å². The Bertz CT molecular complexity index is 578. The van der Waals surface area contributed by atoms with Crippen LogP contribution < -0.4 is 10.6 Å². The molecular weight excluding hydrogens is 280 g/mol. The lowest BCUT2D eigenvalue weighted by molar-refractivity contribution is -0.385. The van der Waals surface area contributed by atoms with Gasteiger partial charge in [0, 0.05) is 36.1 Å². The van der Waals surface area contributed by atoms with E-state index in [1.807, 2.05) is 13.1 Å². The fourth-order valence-corrected chi connectivity index (χ4v) is 2.87. The number of rotatable bonds is 7. The van der Waals surface area contributed by atoms with Crippen molar-refractivity contribution in [2.45, 2.75) is 40.2 Å². The highest BCUT2D eigenvalue weighted by Gasteiger charge is 2.23. The minimum atomic E-state index is -0.302. The zero-order valence-electron chi connectivity index (χ0n) is 13.5. The average Bonchev–Trinajstić information content (AvgIpc) is 2.50. The minimum absolute atomic E-state index is 0.172. The molecule has 0 spiro atoms. The molecule has 120 valence electrons. The van der Waals surface area contributed by atoms with Crippen LogP contribution in [0.2, 0.25) is 0 Å². The van der Waals surface area contributed by atoms with Crippen molar-refractivity contribution in [1.82, 2.24) is 4.90 Å². The SMILES string of the molecule is CCCN(CCC)Cc1c(C)c([N+](=O)[O-])cc2c1NC=CN2. The van der Waals surface area contributed by atoms with Crippen LogP contribution in [0.1, 0.15) is 37.8 Å². The highest BCUT2D eigenvalue weighted by Crippen LogP contribution is 2.37. The van der Waals surface area contributed by atoms with Crippen molar-refractivity contribution >= 4 is 17.1 Å². The lowest BCUT2D eigenvalue weighted by Gasteiger charge is -2.26. The molecule has 2 N–H and O–H groups in total. The van der Waals surface area contributed by atoms with Crippen molar-refractivity contribution in [3.63, 3.8) is 0 Å². The molecule has 0 unspecified atom stereocenters. The third-order valence-corrected chi connectivity index (χ3v) is 3.90. The van der Waals surface area contributed by atoms with E-state index in [-0.39, 0.29) is 10.6 Å². The summed E-state index contributed by atoms with van der Waals surface area (Å²) in [6, 6.07) is 1.61. The number of hydrogen-bond donors (Lipinski definition) is 2. The Kier molecular flexibility index (Phi) is 5.38. The number of nitrogens with one attached hydrogen (secondary N) is 2. The van der Waals surface area contributed by atoms with Crippen LogP contribution in [-0.4, -0.2) is 22.9 Å². The Morgan fingerprint density at radius 2 is 1.82 bits per heavy atom. The van der Waals surface area contributed by atoms with Crippen LogP contribution in [0.5, 0.6) is 0 Å². The van der Waals surface area contributed by atoms with Crippen molar-refractivity contribution in [3.05, 3.63) is 39.7 Å². The van der Waals surface area contributed by atoms with Gasteiger partial charge in [-0.15, -0.1) is 0 Å². The molecule has 0 atom stereocenters. The Hall–Kier alpha value is -2.08. The predicted molar refractivity (Wildman–Crippen MR) is 90.1 cm³/mol. The van der Waals surface area contributed by atoms with Crippen molar-refractivity contribution in [1.29, 1.82) is 0 Å². The molecule has 1 aliphatic heterocycles. The zero-order valence-corrected chi connectivity index (χ0v) is 13.5. The molecule has 0 fully saturated rings. The van der Waals surface area contributed by atoms with E-state index < -0.39 is 0 Å². The van der Waals surface area contributed by atoms with Gasteiger partial charge in [-0.1, -0.05) is 13.8 Å². The monoisotopic (exact) mass is 304 g/mol. The Balaban J connectivity index is 2.44. The Labute approximate surface area is 131 Å². The third kappa shape index (κ3) is 3.39. The van der Waals surface area contributed by atoms with Gasteiger partial charge in [-0.25, -0.2) is 0 Å². The highest BCUT2D eigenvalue weighted by molar-refractivity contribution is 5.81. The van der Waals surface area contributed by atoms with Gasteiger partial charge in [0.2, 0.25) is 0 Å². The summed E-state index contributed by atoms with van der Waals surface area (Å²) in [7, 11) is 0. The van der Waals surface area contributed by atoms with Crippen molar-refractivity contribution in [2.75, 3.05) is 23.7 Å². The summed E-state index contributed by atoms with van der Waals surface area (Å²) in [6.07, 6.45) is 5.71. The number of nitro benzene ring substituents is 1. The largest absolute Gasteiger partial charge is 0.358 e. The topological polar surface area (TPSA) is 70.4 Å². The summed E-state index contributed by atoms with van der Waals surface area (Å²) < 4.78 is 0. The molecule has 0 radical (unpaired) electrons.